The van der Waals surface area contributed by atoms with Gasteiger partial charge < -0.3 is 10.1 Å². The molecule has 0 aromatic carbocycles. The lowest BCUT2D eigenvalue weighted by Gasteiger charge is -2.16. The van der Waals surface area contributed by atoms with Crippen LogP contribution >= 0.6 is 11.6 Å². The van der Waals surface area contributed by atoms with Crippen molar-refractivity contribution in [2.75, 3.05) is 0 Å². The molecule has 0 atom stereocenters. The molecular formula is C12H16ClN3. The highest BCUT2D eigenvalue weighted by atomic mass is 35.5. The summed E-state index contributed by atoms with van der Waals surface area (Å²) in [7, 11) is 0. The van der Waals surface area contributed by atoms with Crippen molar-refractivity contribution >= 4 is 17.1 Å². The average Bonchev–Trinajstić information content (AvgIpc) is 2.55. The molecule has 0 bridgehead atoms. The van der Waals surface area contributed by atoms with Gasteiger partial charge in [-0.3, -0.25) is 0 Å². The predicted octanol–water partition coefficient (Wildman–Crippen LogP) is 2.74. The van der Waals surface area contributed by atoms with Crippen LogP contribution in [0.3, 0.4) is 0 Å². The number of aromatic nitrogens is 2. The summed E-state index contributed by atoms with van der Waals surface area (Å²) in [4.78, 5) is 4.42. The Balaban J connectivity index is 2.72. The Hall–Kier alpha value is -1.06. The second kappa shape index (κ2) is 3.75. The van der Waals surface area contributed by atoms with E-state index in [0.717, 1.165) is 16.9 Å². The molecule has 0 unspecified atom stereocenters. The minimum Gasteiger partial charge on any atom is -0.326 e. The number of nitrogens with two attached hydrogens (primary N) is 1. The van der Waals surface area contributed by atoms with E-state index >= 15 is 0 Å². The van der Waals surface area contributed by atoms with Gasteiger partial charge in [-0.25, -0.2) is 4.98 Å². The molecular weight excluding hydrogens is 222 g/mol. The molecule has 3 nitrogen and oxygen atoms in total. The van der Waals surface area contributed by atoms with Gasteiger partial charge in [0.15, 0.2) is 5.15 Å². The van der Waals surface area contributed by atoms with Gasteiger partial charge in [0.25, 0.3) is 0 Å². The van der Waals surface area contributed by atoms with E-state index in [4.69, 9.17) is 17.3 Å². The standard InChI is InChI=1S/C12H16ClN3/c1-12(2,3)11-15-10(13)9-6-8(7-14)4-5-16(9)11/h4-6H,7,14H2,1-3H3. The molecule has 2 N–H and O–H groups in total. The Morgan fingerprint density at radius 1 is 1.44 bits per heavy atom. The number of hydrogen-bond donors (Lipinski definition) is 1. The molecule has 86 valence electrons. The second-order valence-corrected chi connectivity index (χ2v) is 5.33. The zero-order valence-electron chi connectivity index (χ0n) is 9.79. The predicted molar refractivity (Wildman–Crippen MR) is 66.8 cm³/mol. The summed E-state index contributed by atoms with van der Waals surface area (Å²) in [5, 5.41) is 0.542. The third-order valence-corrected chi connectivity index (χ3v) is 2.85. The lowest BCUT2D eigenvalue weighted by molar-refractivity contribution is 0.543. The Labute approximate surface area is 100 Å². The Bertz CT molecular complexity index is 523. The summed E-state index contributed by atoms with van der Waals surface area (Å²) >= 11 is 6.14. The molecule has 4 heteroatoms. The van der Waals surface area contributed by atoms with Gasteiger partial charge in [-0.05, 0) is 17.7 Å². The van der Waals surface area contributed by atoms with Crippen LogP contribution in [-0.2, 0) is 12.0 Å². The maximum absolute atomic E-state index is 6.14. The van der Waals surface area contributed by atoms with E-state index in [1.165, 1.54) is 0 Å². The third-order valence-electron chi connectivity index (χ3n) is 2.57. The van der Waals surface area contributed by atoms with E-state index in [-0.39, 0.29) is 5.41 Å². The Morgan fingerprint density at radius 3 is 2.69 bits per heavy atom. The first kappa shape index (κ1) is 11.4. The van der Waals surface area contributed by atoms with Gasteiger partial charge in [-0.15, -0.1) is 0 Å². The molecule has 16 heavy (non-hydrogen) atoms. The number of hydrogen-bond acceptors (Lipinski definition) is 2. The largest absolute Gasteiger partial charge is 0.326 e. The first-order valence-corrected chi connectivity index (χ1v) is 5.68. The van der Waals surface area contributed by atoms with Gasteiger partial charge in [0, 0.05) is 18.2 Å². The van der Waals surface area contributed by atoms with E-state index in [1.807, 2.05) is 22.7 Å². The molecule has 2 rings (SSSR count). The summed E-state index contributed by atoms with van der Waals surface area (Å²) in [6, 6.07) is 3.99. The molecule has 0 radical (unpaired) electrons. The number of nitrogens with zero attached hydrogens (tertiary/aromatic N) is 2. The lowest BCUT2D eigenvalue weighted by atomic mass is 9.96. The van der Waals surface area contributed by atoms with E-state index in [2.05, 4.69) is 25.8 Å². The summed E-state index contributed by atoms with van der Waals surface area (Å²) < 4.78 is 2.03. The summed E-state index contributed by atoms with van der Waals surface area (Å²) in [5.41, 5.74) is 7.57. The van der Waals surface area contributed by atoms with E-state index in [9.17, 15) is 0 Å². The normalized spacial score (nSPS) is 12.3. The maximum Gasteiger partial charge on any atom is 0.155 e. The molecule has 2 aromatic rings. The highest BCUT2D eigenvalue weighted by Gasteiger charge is 2.21. The minimum atomic E-state index is -0.0275. The van der Waals surface area contributed by atoms with Crippen molar-refractivity contribution in [2.24, 2.45) is 5.73 Å². The fourth-order valence-corrected chi connectivity index (χ4v) is 1.97. The topological polar surface area (TPSA) is 43.3 Å². The van der Waals surface area contributed by atoms with Crippen molar-refractivity contribution in [2.45, 2.75) is 32.7 Å². The zero-order chi connectivity index (χ0) is 11.9. The maximum atomic E-state index is 6.14. The van der Waals surface area contributed by atoms with Crippen molar-refractivity contribution in [1.29, 1.82) is 0 Å². The average molecular weight is 238 g/mol. The van der Waals surface area contributed by atoms with E-state index < -0.39 is 0 Å². The van der Waals surface area contributed by atoms with Crippen LogP contribution in [-0.4, -0.2) is 9.38 Å². The van der Waals surface area contributed by atoms with Crippen LogP contribution in [0.25, 0.3) is 5.52 Å². The third kappa shape index (κ3) is 1.81. The smallest absolute Gasteiger partial charge is 0.155 e. The van der Waals surface area contributed by atoms with Gasteiger partial charge >= 0.3 is 0 Å². The number of rotatable bonds is 1. The van der Waals surface area contributed by atoms with Crippen LogP contribution in [0.15, 0.2) is 18.3 Å². The first-order valence-electron chi connectivity index (χ1n) is 5.30. The van der Waals surface area contributed by atoms with Crippen LogP contribution in [0.1, 0.15) is 32.2 Å². The van der Waals surface area contributed by atoms with Gasteiger partial charge in [0.05, 0.1) is 5.52 Å². The Kier molecular flexibility index (Phi) is 2.68. The monoisotopic (exact) mass is 237 g/mol. The molecule has 0 saturated carbocycles. The lowest BCUT2D eigenvalue weighted by Crippen LogP contribution is -2.15. The molecule has 0 spiro atoms. The molecule has 0 saturated heterocycles. The fourth-order valence-electron chi connectivity index (χ4n) is 1.75. The van der Waals surface area contributed by atoms with Crippen molar-refractivity contribution in [3.05, 3.63) is 34.9 Å². The molecule has 0 aliphatic heterocycles. The highest BCUT2D eigenvalue weighted by molar-refractivity contribution is 6.32. The van der Waals surface area contributed by atoms with Crippen LogP contribution in [0.5, 0.6) is 0 Å². The molecule has 0 aliphatic rings. The van der Waals surface area contributed by atoms with Crippen molar-refractivity contribution in [3.63, 3.8) is 0 Å². The van der Waals surface area contributed by atoms with Gasteiger partial charge in [0.2, 0.25) is 0 Å². The fraction of sp³-hybridized carbons (Fsp3) is 0.417. The Morgan fingerprint density at radius 2 is 2.12 bits per heavy atom. The van der Waals surface area contributed by atoms with Gasteiger partial charge in [0.1, 0.15) is 5.82 Å². The SMILES string of the molecule is CC(C)(C)c1nc(Cl)c2cc(CN)ccn12. The molecule has 0 amide bonds. The van der Waals surface area contributed by atoms with E-state index in [1.54, 1.807) is 0 Å². The molecule has 2 heterocycles. The number of pyridine rings is 1. The van der Waals surface area contributed by atoms with Crippen LogP contribution in [0.4, 0.5) is 0 Å². The number of halogens is 1. The van der Waals surface area contributed by atoms with Crippen molar-refractivity contribution < 1.29 is 0 Å². The van der Waals surface area contributed by atoms with Gasteiger partial charge in [-0.1, -0.05) is 32.4 Å². The molecule has 0 aliphatic carbocycles. The molecule has 0 fully saturated rings. The second-order valence-electron chi connectivity index (χ2n) is 4.97. The zero-order valence-corrected chi connectivity index (χ0v) is 10.5. The number of fused-ring (bicyclic) bond motifs is 1. The van der Waals surface area contributed by atoms with Crippen LogP contribution < -0.4 is 5.73 Å². The van der Waals surface area contributed by atoms with Gasteiger partial charge in [-0.2, -0.15) is 0 Å². The van der Waals surface area contributed by atoms with Crippen molar-refractivity contribution in [1.82, 2.24) is 9.38 Å². The van der Waals surface area contributed by atoms with Crippen molar-refractivity contribution in [3.8, 4) is 0 Å². The first-order chi connectivity index (χ1) is 7.43. The quantitative estimate of drug-likeness (QED) is 0.829. The number of imidazole rings is 1. The van der Waals surface area contributed by atoms with Crippen LogP contribution in [0.2, 0.25) is 5.15 Å². The highest BCUT2D eigenvalue weighted by Crippen LogP contribution is 2.27. The minimum absolute atomic E-state index is 0.0275. The van der Waals surface area contributed by atoms with Crippen LogP contribution in [0, 0.1) is 0 Å². The summed E-state index contributed by atoms with van der Waals surface area (Å²) in [6.07, 6.45) is 1.98. The summed E-state index contributed by atoms with van der Waals surface area (Å²) in [6.45, 7) is 6.88. The summed E-state index contributed by atoms with van der Waals surface area (Å²) in [5.74, 6) is 0.969. The molecule has 2 aromatic heterocycles. The van der Waals surface area contributed by atoms with E-state index in [0.29, 0.717) is 11.7 Å².